The van der Waals surface area contributed by atoms with E-state index in [2.05, 4.69) is 25.3 Å². The first-order chi connectivity index (χ1) is 8.48. The number of carbonyl (C=O) groups is 2. The lowest BCUT2D eigenvalue weighted by Gasteiger charge is -2.25. The summed E-state index contributed by atoms with van der Waals surface area (Å²) in [5, 5.41) is 0. The Morgan fingerprint density at radius 2 is 1.37 bits per heavy atom. The highest BCUT2D eigenvalue weighted by atomic mass is 32.1. The van der Waals surface area contributed by atoms with Crippen molar-refractivity contribution in [2.75, 3.05) is 0 Å². The fourth-order valence-electron chi connectivity index (χ4n) is 1.04. The van der Waals surface area contributed by atoms with Gasteiger partial charge in [-0.2, -0.15) is 25.3 Å². The van der Waals surface area contributed by atoms with E-state index >= 15 is 0 Å². The van der Waals surface area contributed by atoms with Gasteiger partial charge in [-0.05, 0) is 34.1 Å². The van der Waals surface area contributed by atoms with Gasteiger partial charge in [-0.3, -0.25) is 9.59 Å². The maximum absolute atomic E-state index is 11.8. The highest BCUT2D eigenvalue weighted by molar-refractivity contribution is 7.82. The highest BCUT2D eigenvalue weighted by Gasteiger charge is 2.32. The van der Waals surface area contributed by atoms with Crippen molar-refractivity contribution in [2.45, 2.75) is 69.7 Å². The first kappa shape index (κ1) is 18.6. The van der Waals surface area contributed by atoms with Crippen molar-refractivity contribution in [1.29, 1.82) is 0 Å². The highest BCUT2D eigenvalue weighted by Crippen LogP contribution is 2.20. The van der Waals surface area contributed by atoms with Gasteiger partial charge in [0.25, 0.3) is 0 Å². The van der Waals surface area contributed by atoms with Gasteiger partial charge in [0.2, 0.25) is 6.29 Å². The Kier molecular flexibility index (Phi) is 7.29. The molecule has 0 amide bonds. The number of thiol groups is 2. The molecule has 0 aliphatic heterocycles. The van der Waals surface area contributed by atoms with Crippen molar-refractivity contribution in [3.8, 4) is 0 Å². The maximum atomic E-state index is 11.8. The fourth-order valence-corrected chi connectivity index (χ4v) is 1.15. The van der Waals surface area contributed by atoms with Crippen molar-refractivity contribution in [1.82, 2.24) is 0 Å². The predicted molar refractivity (Wildman–Crippen MR) is 81.6 cm³/mol. The van der Waals surface area contributed by atoms with Crippen LogP contribution in [0.25, 0.3) is 0 Å². The van der Waals surface area contributed by atoms with Crippen LogP contribution in [0.3, 0.4) is 0 Å². The standard InChI is InChI=1S/C13H24O4S2/c1-6-7-8-9(16-10(14)12(2,3)18)17-11(15)13(4,5)19/h9,18-19H,6-8H2,1-5H3. The first-order valence-corrected chi connectivity index (χ1v) is 7.24. The molecular weight excluding hydrogens is 284 g/mol. The van der Waals surface area contributed by atoms with Crippen LogP contribution in [0.4, 0.5) is 0 Å². The largest absolute Gasteiger partial charge is 0.424 e. The monoisotopic (exact) mass is 308 g/mol. The van der Waals surface area contributed by atoms with Gasteiger partial charge in [0.1, 0.15) is 9.49 Å². The number of ether oxygens (including phenoxy) is 2. The number of carbonyl (C=O) groups excluding carboxylic acids is 2. The molecular formula is C13H24O4S2. The molecule has 0 aliphatic rings. The van der Waals surface area contributed by atoms with Crippen LogP contribution in [0, 0.1) is 0 Å². The zero-order valence-corrected chi connectivity index (χ0v) is 14.0. The third-order valence-electron chi connectivity index (χ3n) is 2.27. The second-order valence-corrected chi connectivity index (χ2v) is 7.74. The molecule has 0 spiro atoms. The van der Waals surface area contributed by atoms with Crippen molar-refractivity contribution in [3.63, 3.8) is 0 Å². The summed E-state index contributed by atoms with van der Waals surface area (Å²) in [5.74, 6) is -1.02. The molecule has 0 aliphatic carbocycles. The van der Waals surface area contributed by atoms with Crippen LogP contribution < -0.4 is 0 Å². The van der Waals surface area contributed by atoms with Crippen molar-refractivity contribution < 1.29 is 19.1 Å². The number of unbranched alkanes of at least 4 members (excludes halogenated alkanes) is 1. The molecule has 0 aromatic rings. The van der Waals surface area contributed by atoms with Gasteiger partial charge in [-0.25, -0.2) is 0 Å². The summed E-state index contributed by atoms with van der Waals surface area (Å²) in [4.78, 5) is 23.5. The van der Waals surface area contributed by atoms with Gasteiger partial charge in [-0.15, -0.1) is 0 Å². The minimum absolute atomic E-state index is 0.474. The van der Waals surface area contributed by atoms with Crippen LogP contribution in [0.2, 0.25) is 0 Å². The summed E-state index contributed by atoms with van der Waals surface area (Å²) in [7, 11) is 0. The van der Waals surface area contributed by atoms with Gasteiger partial charge in [0.05, 0.1) is 0 Å². The molecule has 0 saturated carbocycles. The van der Waals surface area contributed by atoms with Gasteiger partial charge in [0.15, 0.2) is 0 Å². The summed E-state index contributed by atoms with van der Waals surface area (Å²) in [6.07, 6.45) is 1.31. The van der Waals surface area contributed by atoms with Crippen LogP contribution in [-0.2, 0) is 19.1 Å². The van der Waals surface area contributed by atoms with Gasteiger partial charge >= 0.3 is 11.9 Å². The third-order valence-corrected chi connectivity index (χ3v) is 2.63. The van der Waals surface area contributed by atoms with Crippen molar-refractivity contribution in [3.05, 3.63) is 0 Å². The van der Waals surface area contributed by atoms with Gasteiger partial charge in [-0.1, -0.05) is 13.3 Å². The van der Waals surface area contributed by atoms with Crippen LogP contribution in [-0.4, -0.2) is 27.7 Å². The Morgan fingerprint density at radius 3 is 1.63 bits per heavy atom. The van der Waals surface area contributed by atoms with E-state index < -0.39 is 27.7 Å². The van der Waals surface area contributed by atoms with E-state index in [1.165, 1.54) is 0 Å². The zero-order valence-electron chi connectivity index (χ0n) is 12.2. The van der Waals surface area contributed by atoms with Crippen molar-refractivity contribution in [2.24, 2.45) is 0 Å². The molecule has 0 radical (unpaired) electrons. The number of hydrogen-bond donors (Lipinski definition) is 2. The van der Waals surface area contributed by atoms with E-state index in [0.29, 0.717) is 6.42 Å². The second-order valence-electron chi connectivity index (χ2n) is 5.50. The lowest BCUT2D eigenvalue weighted by molar-refractivity contribution is -0.191. The zero-order chi connectivity index (χ0) is 15.3. The Labute approximate surface area is 126 Å². The molecule has 0 bridgehead atoms. The Hall–Kier alpha value is -0.360. The topological polar surface area (TPSA) is 52.6 Å². The fraction of sp³-hybridized carbons (Fsp3) is 0.846. The van der Waals surface area contributed by atoms with Crippen molar-refractivity contribution >= 4 is 37.2 Å². The van der Waals surface area contributed by atoms with E-state index in [1.807, 2.05) is 6.92 Å². The summed E-state index contributed by atoms with van der Waals surface area (Å²) in [6.45, 7) is 8.50. The molecule has 0 atom stereocenters. The number of esters is 2. The number of hydrogen-bond acceptors (Lipinski definition) is 6. The molecule has 0 saturated heterocycles. The molecule has 0 aromatic heterocycles. The molecule has 6 heteroatoms. The van der Waals surface area contributed by atoms with E-state index in [1.54, 1.807) is 27.7 Å². The first-order valence-electron chi connectivity index (χ1n) is 6.35. The van der Waals surface area contributed by atoms with E-state index in [4.69, 9.17) is 9.47 Å². The normalized spacial score (nSPS) is 12.4. The molecule has 19 heavy (non-hydrogen) atoms. The third kappa shape index (κ3) is 7.72. The SMILES string of the molecule is CCCCC(OC(=O)C(C)(C)S)OC(=O)C(C)(C)S. The molecule has 112 valence electrons. The van der Waals surface area contributed by atoms with E-state index in [9.17, 15) is 9.59 Å². The Morgan fingerprint density at radius 1 is 1.00 bits per heavy atom. The maximum Gasteiger partial charge on any atom is 0.324 e. The molecule has 0 unspecified atom stereocenters. The average molecular weight is 308 g/mol. The summed E-state index contributed by atoms with van der Waals surface area (Å²) in [5.41, 5.74) is 0. The Bertz CT molecular complexity index is 288. The molecule has 4 nitrogen and oxygen atoms in total. The Balaban J connectivity index is 4.65. The average Bonchev–Trinajstić information content (AvgIpc) is 2.22. The minimum Gasteiger partial charge on any atom is -0.424 e. The van der Waals surface area contributed by atoms with Gasteiger partial charge in [0, 0.05) is 6.42 Å². The lowest BCUT2D eigenvalue weighted by atomic mass is 10.2. The summed E-state index contributed by atoms with van der Waals surface area (Å²) in [6, 6.07) is 0. The lowest BCUT2D eigenvalue weighted by Crippen LogP contribution is -2.37. The predicted octanol–water partition coefficient (Wildman–Crippen LogP) is 3.01. The smallest absolute Gasteiger partial charge is 0.324 e. The van der Waals surface area contributed by atoms with Crippen LogP contribution in [0.15, 0.2) is 0 Å². The van der Waals surface area contributed by atoms with Gasteiger partial charge < -0.3 is 9.47 Å². The molecule has 0 rings (SSSR count). The molecule has 0 heterocycles. The number of rotatable bonds is 7. The quantitative estimate of drug-likeness (QED) is 0.431. The van der Waals surface area contributed by atoms with Crippen LogP contribution >= 0.6 is 25.3 Å². The summed E-state index contributed by atoms with van der Waals surface area (Å²) >= 11 is 8.27. The van der Waals surface area contributed by atoms with Crippen LogP contribution in [0.1, 0.15) is 53.9 Å². The second kappa shape index (κ2) is 7.43. The summed E-state index contributed by atoms with van der Waals surface area (Å²) < 4.78 is 8.53. The minimum atomic E-state index is -0.923. The molecule has 0 N–H and O–H groups in total. The molecule has 0 aromatic carbocycles. The van der Waals surface area contributed by atoms with E-state index in [-0.39, 0.29) is 0 Å². The van der Waals surface area contributed by atoms with E-state index in [0.717, 1.165) is 12.8 Å². The van der Waals surface area contributed by atoms with Crippen LogP contribution in [0.5, 0.6) is 0 Å². The molecule has 0 fully saturated rings.